The van der Waals surface area contributed by atoms with Crippen molar-refractivity contribution in [1.82, 2.24) is 0 Å². The molecular formula is C64H110O6. The third-order valence-electron chi connectivity index (χ3n) is 12.6. The zero-order valence-corrected chi connectivity index (χ0v) is 46.0. The summed E-state index contributed by atoms with van der Waals surface area (Å²) in [6.07, 6.45) is 75.7. The summed E-state index contributed by atoms with van der Waals surface area (Å²) in [7, 11) is 0. The molecule has 402 valence electrons. The highest BCUT2D eigenvalue weighted by Gasteiger charge is 2.19. The average molecular weight is 976 g/mol. The third kappa shape index (κ3) is 55.5. The van der Waals surface area contributed by atoms with Crippen molar-refractivity contribution in [3.05, 3.63) is 85.1 Å². The predicted octanol–water partition coefficient (Wildman–Crippen LogP) is 19.9. The highest BCUT2D eigenvalue weighted by atomic mass is 16.6. The van der Waals surface area contributed by atoms with Crippen LogP contribution in [-0.4, -0.2) is 37.2 Å². The van der Waals surface area contributed by atoms with Crippen molar-refractivity contribution >= 4 is 17.9 Å². The Kier molecular flexibility index (Phi) is 55.3. The minimum Gasteiger partial charge on any atom is -0.462 e. The van der Waals surface area contributed by atoms with Crippen LogP contribution >= 0.6 is 0 Å². The first-order valence-electron chi connectivity index (χ1n) is 29.6. The van der Waals surface area contributed by atoms with E-state index in [1.807, 2.05) is 0 Å². The second-order valence-electron chi connectivity index (χ2n) is 19.5. The Morgan fingerprint density at radius 1 is 0.300 bits per heavy atom. The zero-order chi connectivity index (χ0) is 50.7. The van der Waals surface area contributed by atoms with E-state index in [1.165, 1.54) is 141 Å². The number of unbranched alkanes of at least 4 members (excludes halogenated alkanes) is 28. The summed E-state index contributed by atoms with van der Waals surface area (Å²) in [5.74, 6) is -0.931. The van der Waals surface area contributed by atoms with Gasteiger partial charge in [-0.3, -0.25) is 14.4 Å². The number of hydrogen-bond donors (Lipinski definition) is 0. The lowest BCUT2D eigenvalue weighted by Gasteiger charge is -2.18. The van der Waals surface area contributed by atoms with Gasteiger partial charge >= 0.3 is 17.9 Å². The topological polar surface area (TPSA) is 78.9 Å². The Hall–Kier alpha value is -3.41. The summed E-state index contributed by atoms with van der Waals surface area (Å²) in [5, 5.41) is 0. The van der Waals surface area contributed by atoms with Crippen LogP contribution in [0.3, 0.4) is 0 Å². The number of carbonyl (C=O) groups excluding carboxylic acids is 3. The van der Waals surface area contributed by atoms with E-state index in [0.717, 1.165) is 103 Å². The van der Waals surface area contributed by atoms with Crippen LogP contribution in [0.25, 0.3) is 0 Å². The maximum atomic E-state index is 12.9. The van der Waals surface area contributed by atoms with Gasteiger partial charge in [-0.2, -0.15) is 0 Å². The normalized spacial score (nSPS) is 12.7. The van der Waals surface area contributed by atoms with Gasteiger partial charge < -0.3 is 14.2 Å². The van der Waals surface area contributed by atoms with Crippen LogP contribution in [0, 0.1) is 0 Å². The van der Waals surface area contributed by atoms with Crippen molar-refractivity contribution in [1.29, 1.82) is 0 Å². The van der Waals surface area contributed by atoms with Crippen LogP contribution in [-0.2, 0) is 28.6 Å². The molecule has 0 heterocycles. The maximum absolute atomic E-state index is 12.9. The molecule has 0 saturated carbocycles. The first-order chi connectivity index (χ1) is 34.5. The second kappa shape index (κ2) is 58.2. The van der Waals surface area contributed by atoms with Gasteiger partial charge in [0.2, 0.25) is 0 Å². The van der Waals surface area contributed by atoms with Gasteiger partial charge in [0.05, 0.1) is 0 Å². The van der Waals surface area contributed by atoms with Crippen molar-refractivity contribution in [2.24, 2.45) is 0 Å². The van der Waals surface area contributed by atoms with Crippen LogP contribution in [0.2, 0.25) is 0 Å². The van der Waals surface area contributed by atoms with Gasteiger partial charge in [0, 0.05) is 19.3 Å². The molecule has 0 aliphatic carbocycles. The van der Waals surface area contributed by atoms with Crippen molar-refractivity contribution in [3.63, 3.8) is 0 Å². The summed E-state index contributed by atoms with van der Waals surface area (Å²) in [4.78, 5) is 38.2. The van der Waals surface area contributed by atoms with E-state index in [0.29, 0.717) is 19.3 Å². The Balaban J connectivity index is 4.46. The SMILES string of the molecule is CC/C=C\C/C=C\C/C=C\C/C=C\C/C=C\CCCCCC(=O)OCC(COC(=O)CCCCCCC/C=C\CCCCCCCCC)OC(=O)CCCCCCCCC/C=C\CCCCCCCC. The van der Waals surface area contributed by atoms with E-state index < -0.39 is 6.10 Å². The van der Waals surface area contributed by atoms with Crippen molar-refractivity contribution in [2.75, 3.05) is 13.2 Å². The van der Waals surface area contributed by atoms with Gasteiger partial charge in [-0.15, -0.1) is 0 Å². The molecule has 0 radical (unpaired) electrons. The Bertz CT molecular complexity index is 1350. The maximum Gasteiger partial charge on any atom is 0.306 e. The molecule has 1 atom stereocenters. The van der Waals surface area contributed by atoms with Crippen molar-refractivity contribution in [3.8, 4) is 0 Å². The second-order valence-corrected chi connectivity index (χ2v) is 19.5. The van der Waals surface area contributed by atoms with Crippen molar-refractivity contribution in [2.45, 2.75) is 290 Å². The van der Waals surface area contributed by atoms with Crippen LogP contribution in [0.15, 0.2) is 85.1 Å². The Labute approximate surface area is 433 Å². The molecule has 0 aliphatic heterocycles. The Morgan fingerprint density at radius 2 is 0.557 bits per heavy atom. The molecule has 0 amide bonds. The molecule has 0 N–H and O–H groups in total. The lowest BCUT2D eigenvalue weighted by Crippen LogP contribution is -2.30. The number of hydrogen-bond acceptors (Lipinski definition) is 6. The number of esters is 3. The fraction of sp³-hybridized carbons (Fsp3) is 0.734. The van der Waals surface area contributed by atoms with E-state index in [9.17, 15) is 14.4 Å². The van der Waals surface area contributed by atoms with E-state index in [2.05, 4.69) is 106 Å². The predicted molar refractivity (Wildman–Crippen MR) is 302 cm³/mol. The Morgan fingerprint density at radius 3 is 0.900 bits per heavy atom. The van der Waals surface area contributed by atoms with E-state index in [-0.39, 0.29) is 31.1 Å². The minimum absolute atomic E-state index is 0.0927. The molecule has 1 unspecified atom stereocenters. The summed E-state index contributed by atoms with van der Waals surface area (Å²) in [6, 6.07) is 0. The molecule has 0 aromatic carbocycles. The highest BCUT2D eigenvalue weighted by Crippen LogP contribution is 2.15. The molecule has 0 aromatic rings. The molecular weight excluding hydrogens is 865 g/mol. The quantitative estimate of drug-likeness (QED) is 0.0261. The molecule has 6 heteroatoms. The molecule has 0 spiro atoms. The molecule has 0 aromatic heterocycles. The van der Waals surface area contributed by atoms with E-state index in [1.54, 1.807) is 0 Å². The first-order valence-corrected chi connectivity index (χ1v) is 29.6. The van der Waals surface area contributed by atoms with Gasteiger partial charge in [0.1, 0.15) is 13.2 Å². The smallest absolute Gasteiger partial charge is 0.306 e. The number of rotatable bonds is 53. The monoisotopic (exact) mass is 975 g/mol. The molecule has 0 aliphatic rings. The molecule has 0 saturated heterocycles. The number of ether oxygens (including phenoxy) is 3. The van der Waals surface area contributed by atoms with Gasteiger partial charge in [-0.05, 0) is 116 Å². The number of carbonyl (C=O) groups is 3. The lowest BCUT2D eigenvalue weighted by molar-refractivity contribution is -0.167. The van der Waals surface area contributed by atoms with Crippen LogP contribution in [0.5, 0.6) is 0 Å². The molecule has 0 rings (SSSR count). The van der Waals surface area contributed by atoms with E-state index in [4.69, 9.17) is 14.2 Å². The third-order valence-corrected chi connectivity index (χ3v) is 12.6. The van der Waals surface area contributed by atoms with Gasteiger partial charge in [-0.1, -0.05) is 234 Å². The summed E-state index contributed by atoms with van der Waals surface area (Å²) in [5.41, 5.74) is 0. The first kappa shape index (κ1) is 66.6. The largest absolute Gasteiger partial charge is 0.462 e. The fourth-order valence-corrected chi connectivity index (χ4v) is 8.16. The molecule has 6 nitrogen and oxygen atoms in total. The molecule has 70 heavy (non-hydrogen) atoms. The van der Waals surface area contributed by atoms with Crippen molar-refractivity contribution < 1.29 is 28.6 Å². The number of allylic oxidation sites excluding steroid dienone is 14. The zero-order valence-electron chi connectivity index (χ0n) is 46.0. The van der Waals surface area contributed by atoms with Crippen LogP contribution < -0.4 is 0 Å². The summed E-state index contributed by atoms with van der Waals surface area (Å²) < 4.78 is 16.9. The van der Waals surface area contributed by atoms with Gasteiger partial charge in [0.25, 0.3) is 0 Å². The van der Waals surface area contributed by atoms with Gasteiger partial charge in [-0.25, -0.2) is 0 Å². The average Bonchev–Trinajstić information content (AvgIpc) is 3.36. The van der Waals surface area contributed by atoms with Gasteiger partial charge in [0.15, 0.2) is 6.10 Å². The standard InChI is InChI=1S/C64H110O6/c1-4-7-10-13-16-19-22-25-28-31-32-34-36-39-42-45-48-51-54-57-63(66)69-60-61(59-68-62(65)56-53-50-47-44-41-38-35-30-27-24-21-18-15-12-9-6-3)70-64(67)58-55-52-49-46-43-40-37-33-29-26-23-20-17-14-11-8-5-2/h7,10,16,19,25-26,28-30,32,34-35,39,42,61H,4-6,8-9,11-15,17-18,20-24,27,31,33,36-38,40-41,43-60H2,1-3H3/b10-7-,19-16-,28-25-,29-26-,34-32-,35-30-,42-39-. The summed E-state index contributed by atoms with van der Waals surface area (Å²) in [6.45, 7) is 6.50. The van der Waals surface area contributed by atoms with Crippen LogP contribution in [0.4, 0.5) is 0 Å². The minimum atomic E-state index is -0.797. The fourth-order valence-electron chi connectivity index (χ4n) is 8.16. The van der Waals surface area contributed by atoms with E-state index >= 15 is 0 Å². The van der Waals surface area contributed by atoms with Crippen LogP contribution in [0.1, 0.15) is 284 Å². The molecule has 0 bridgehead atoms. The highest BCUT2D eigenvalue weighted by molar-refractivity contribution is 5.71. The lowest BCUT2D eigenvalue weighted by atomic mass is 10.1. The summed E-state index contributed by atoms with van der Waals surface area (Å²) >= 11 is 0. The molecule has 0 fully saturated rings.